The minimum absolute atomic E-state index is 0.333. The van der Waals surface area contributed by atoms with Crippen LogP contribution in [0.1, 0.15) is 24.6 Å². The Morgan fingerprint density at radius 3 is 2.94 bits per heavy atom. The SMILES string of the molecule is Fc1cc(Cl)cc(NCc2cncn2C2CC2)c1. The highest BCUT2D eigenvalue weighted by atomic mass is 35.5. The molecule has 0 aliphatic heterocycles. The summed E-state index contributed by atoms with van der Waals surface area (Å²) >= 11 is 5.80. The summed E-state index contributed by atoms with van der Waals surface area (Å²) in [5.74, 6) is -0.333. The minimum Gasteiger partial charge on any atom is -0.379 e. The van der Waals surface area contributed by atoms with Crippen LogP contribution in [0.3, 0.4) is 0 Å². The molecule has 5 heteroatoms. The number of anilines is 1. The van der Waals surface area contributed by atoms with Gasteiger partial charge < -0.3 is 9.88 Å². The van der Waals surface area contributed by atoms with Crippen LogP contribution in [-0.4, -0.2) is 9.55 Å². The maximum absolute atomic E-state index is 13.2. The van der Waals surface area contributed by atoms with E-state index in [4.69, 9.17) is 11.6 Å². The molecule has 1 aromatic heterocycles. The van der Waals surface area contributed by atoms with E-state index in [1.165, 1.54) is 25.0 Å². The van der Waals surface area contributed by atoms with Gasteiger partial charge in [-0.15, -0.1) is 0 Å². The molecule has 0 atom stereocenters. The number of halogens is 2. The van der Waals surface area contributed by atoms with E-state index in [-0.39, 0.29) is 5.82 Å². The maximum atomic E-state index is 13.2. The van der Waals surface area contributed by atoms with Crippen LogP contribution in [-0.2, 0) is 6.54 Å². The Bertz CT molecular complexity index is 543. The summed E-state index contributed by atoms with van der Waals surface area (Å²) in [5, 5.41) is 3.56. The Kier molecular flexibility index (Phi) is 2.96. The van der Waals surface area contributed by atoms with E-state index in [1.54, 1.807) is 6.07 Å². The van der Waals surface area contributed by atoms with Gasteiger partial charge in [0.2, 0.25) is 0 Å². The zero-order valence-corrected chi connectivity index (χ0v) is 10.5. The van der Waals surface area contributed by atoms with Crippen LogP contribution in [0.4, 0.5) is 10.1 Å². The number of rotatable bonds is 4. The molecular weight excluding hydrogens is 253 g/mol. The van der Waals surface area contributed by atoms with E-state index in [2.05, 4.69) is 14.9 Å². The van der Waals surface area contributed by atoms with E-state index in [0.29, 0.717) is 23.3 Å². The third-order valence-corrected chi connectivity index (χ3v) is 3.24. The van der Waals surface area contributed by atoms with Crippen molar-refractivity contribution in [3.8, 4) is 0 Å². The molecule has 0 unspecified atom stereocenters. The minimum atomic E-state index is -0.333. The van der Waals surface area contributed by atoms with Crippen LogP contribution >= 0.6 is 11.6 Å². The summed E-state index contributed by atoms with van der Waals surface area (Å²) in [6.07, 6.45) is 6.13. The third kappa shape index (κ3) is 2.48. The first kappa shape index (κ1) is 11.5. The molecule has 1 aliphatic rings. The zero-order valence-electron chi connectivity index (χ0n) is 9.74. The molecule has 3 nitrogen and oxygen atoms in total. The summed E-state index contributed by atoms with van der Waals surface area (Å²) in [4.78, 5) is 4.15. The normalized spacial score (nSPS) is 14.8. The summed E-state index contributed by atoms with van der Waals surface area (Å²) < 4.78 is 15.3. The number of aromatic nitrogens is 2. The lowest BCUT2D eigenvalue weighted by molar-refractivity contribution is 0.628. The fourth-order valence-corrected chi connectivity index (χ4v) is 2.22. The van der Waals surface area contributed by atoms with E-state index < -0.39 is 0 Å². The average molecular weight is 266 g/mol. The first-order valence-electron chi connectivity index (χ1n) is 5.93. The van der Waals surface area contributed by atoms with E-state index in [0.717, 1.165) is 5.69 Å². The molecule has 94 valence electrons. The van der Waals surface area contributed by atoms with Crippen molar-refractivity contribution in [1.82, 2.24) is 9.55 Å². The predicted octanol–water partition coefficient (Wildman–Crippen LogP) is 3.62. The Morgan fingerprint density at radius 2 is 2.22 bits per heavy atom. The maximum Gasteiger partial charge on any atom is 0.126 e. The quantitative estimate of drug-likeness (QED) is 0.915. The molecule has 1 aliphatic carbocycles. The summed E-state index contributed by atoms with van der Waals surface area (Å²) in [7, 11) is 0. The molecule has 18 heavy (non-hydrogen) atoms. The van der Waals surface area contributed by atoms with Crippen molar-refractivity contribution in [1.29, 1.82) is 0 Å². The standard InChI is InChI=1S/C13H13ClFN3/c14-9-3-10(15)5-11(4-9)17-7-13-6-16-8-18(13)12-1-2-12/h3-6,8,12,17H,1-2,7H2. The topological polar surface area (TPSA) is 29.9 Å². The Balaban J connectivity index is 1.71. The van der Waals surface area contributed by atoms with Gasteiger partial charge in [0.15, 0.2) is 0 Å². The average Bonchev–Trinajstić information content (AvgIpc) is 3.05. The van der Waals surface area contributed by atoms with Crippen molar-refractivity contribution in [3.05, 3.63) is 47.3 Å². The molecule has 0 bridgehead atoms. The smallest absolute Gasteiger partial charge is 0.126 e. The first-order chi connectivity index (χ1) is 8.72. The van der Waals surface area contributed by atoms with Crippen molar-refractivity contribution >= 4 is 17.3 Å². The highest BCUT2D eigenvalue weighted by Gasteiger charge is 2.24. The third-order valence-electron chi connectivity index (χ3n) is 3.02. The van der Waals surface area contributed by atoms with Crippen molar-refractivity contribution in [3.63, 3.8) is 0 Å². The van der Waals surface area contributed by atoms with Crippen molar-refractivity contribution in [2.24, 2.45) is 0 Å². The van der Waals surface area contributed by atoms with Crippen molar-refractivity contribution < 1.29 is 4.39 Å². The van der Waals surface area contributed by atoms with Gasteiger partial charge in [0, 0.05) is 22.9 Å². The lowest BCUT2D eigenvalue weighted by Gasteiger charge is -2.09. The Morgan fingerprint density at radius 1 is 1.39 bits per heavy atom. The van der Waals surface area contributed by atoms with Gasteiger partial charge >= 0.3 is 0 Å². The number of nitrogens with one attached hydrogen (secondary N) is 1. The molecule has 0 saturated heterocycles. The van der Waals surface area contributed by atoms with Gasteiger partial charge in [-0.05, 0) is 31.0 Å². The van der Waals surface area contributed by atoms with Gasteiger partial charge in [0.05, 0.1) is 18.6 Å². The molecule has 0 radical (unpaired) electrons. The Hall–Kier alpha value is -1.55. The second-order valence-corrected chi connectivity index (χ2v) is 4.97. The highest BCUT2D eigenvalue weighted by Crippen LogP contribution is 2.35. The van der Waals surface area contributed by atoms with Crippen LogP contribution in [0.25, 0.3) is 0 Å². The number of hydrogen-bond acceptors (Lipinski definition) is 2. The fourth-order valence-electron chi connectivity index (χ4n) is 2.00. The van der Waals surface area contributed by atoms with E-state index >= 15 is 0 Å². The van der Waals surface area contributed by atoms with Crippen LogP contribution in [0.2, 0.25) is 5.02 Å². The molecular formula is C13H13ClFN3. The molecule has 3 rings (SSSR count). The molecule has 1 heterocycles. The molecule has 2 aromatic rings. The largest absolute Gasteiger partial charge is 0.379 e. The molecule has 1 N–H and O–H groups in total. The van der Waals surface area contributed by atoms with Crippen molar-refractivity contribution in [2.45, 2.75) is 25.4 Å². The van der Waals surface area contributed by atoms with Crippen molar-refractivity contribution in [2.75, 3.05) is 5.32 Å². The zero-order chi connectivity index (χ0) is 12.5. The second-order valence-electron chi connectivity index (χ2n) is 4.54. The van der Waals surface area contributed by atoms with Gasteiger partial charge in [-0.25, -0.2) is 9.37 Å². The van der Waals surface area contributed by atoms with Crippen LogP contribution < -0.4 is 5.32 Å². The first-order valence-corrected chi connectivity index (χ1v) is 6.31. The molecule has 0 spiro atoms. The second kappa shape index (κ2) is 4.61. The number of hydrogen-bond donors (Lipinski definition) is 1. The van der Waals surface area contributed by atoms with Gasteiger partial charge in [0.25, 0.3) is 0 Å². The molecule has 1 fully saturated rings. The van der Waals surface area contributed by atoms with Crippen LogP contribution in [0, 0.1) is 5.82 Å². The lowest BCUT2D eigenvalue weighted by atomic mass is 10.3. The van der Waals surface area contributed by atoms with E-state index in [1.807, 2.05) is 12.5 Å². The summed E-state index contributed by atoms with van der Waals surface area (Å²) in [6.45, 7) is 0.621. The highest BCUT2D eigenvalue weighted by molar-refractivity contribution is 6.30. The van der Waals surface area contributed by atoms with E-state index in [9.17, 15) is 4.39 Å². The summed E-state index contributed by atoms with van der Waals surface area (Å²) in [6, 6.07) is 5.04. The summed E-state index contributed by atoms with van der Waals surface area (Å²) in [5.41, 5.74) is 1.79. The molecule has 0 amide bonds. The molecule has 1 saturated carbocycles. The number of imidazole rings is 1. The predicted molar refractivity (Wildman–Crippen MR) is 69.2 cm³/mol. The van der Waals surface area contributed by atoms with Gasteiger partial charge in [-0.2, -0.15) is 0 Å². The number of benzene rings is 1. The van der Waals surface area contributed by atoms with Gasteiger partial charge in [0.1, 0.15) is 5.82 Å². The van der Waals surface area contributed by atoms with Crippen LogP contribution in [0.15, 0.2) is 30.7 Å². The molecule has 1 aromatic carbocycles. The van der Waals surface area contributed by atoms with Gasteiger partial charge in [-0.3, -0.25) is 0 Å². The Labute approximate surface area is 110 Å². The fraction of sp³-hybridized carbons (Fsp3) is 0.308. The van der Waals surface area contributed by atoms with Crippen LogP contribution in [0.5, 0.6) is 0 Å². The monoisotopic (exact) mass is 265 g/mol. The van der Waals surface area contributed by atoms with Gasteiger partial charge in [-0.1, -0.05) is 11.6 Å². The number of nitrogens with zero attached hydrogens (tertiary/aromatic N) is 2. The lowest BCUT2D eigenvalue weighted by Crippen LogP contribution is -2.06.